The van der Waals surface area contributed by atoms with Crippen LogP contribution in [0.1, 0.15) is 45.1 Å². The maximum Gasteiger partial charge on any atom is 0.270 e. The first-order valence-corrected chi connectivity index (χ1v) is 13.3. The Balaban J connectivity index is 1.55. The van der Waals surface area contributed by atoms with Crippen molar-refractivity contribution in [2.75, 3.05) is 39.3 Å². The molecule has 3 rings (SSSR count). The molecule has 0 unspecified atom stereocenters. The van der Waals surface area contributed by atoms with Gasteiger partial charge in [0.2, 0.25) is 21.8 Å². The molecule has 2 saturated heterocycles. The minimum atomic E-state index is -3.89. The van der Waals surface area contributed by atoms with Gasteiger partial charge in [0, 0.05) is 63.7 Å². The number of nitrogens with zero attached hydrogens (tertiary/aromatic N) is 4. The van der Waals surface area contributed by atoms with Crippen molar-refractivity contribution >= 4 is 27.5 Å². The van der Waals surface area contributed by atoms with Gasteiger partial charge in [-0.3, -0.25) is 19.7 Å². The lowest BCUT2D eigenvalue weighted by atomic mass is 9.96. The molecule has 0 spiro atoms. The number of nitro groups is 1. The summed E-state index contributed by atoms with van der Waals surface area (Å²) in [6.45, 7) is 8.22. The van der Waals surface area contributed by atoms with Crippen LogP contribution in [0.2, 0.25) is 0 Å². The standard InChI is InChI=1S/C23H34N4O6S/c1-17(2)4-7-22(28)24-12-14-25(15-13-24)23(29)19-8-10-26(11-9-19)34(32,33)21-16-20(27(30)31)6-5-18(21)3/h5-6,16-17,19H,4,7-15H2,1-3H3. The molecule has 10 nitrogen and oxygen atoms in total. The highest BCUT2D eigenvalue weighted by Crippen LogP contribution is 2.29. The first kappa shape index (κ1) is 26.1. The van der Waals surface area contributed by atoms with Crippen LogP contribution in [-0.4, -0.2) is 78.5 Å². The van der Waals surface area contributed by atoms with Gasteiger partial charge in [-0.15, -0.1) is 0 Å². The number of carbonyl (C=O) groups is 2. The van der Waals surface area contributed by atoms with E-state index < -0.39 is 14.9 Å². The van der Waals surface area contributed by atoms with Gasteiger partial charge >= 0.3 is 0 Å². The van der Waals surface area contributed by atoms with Crippen molar-refractivity contribution in [2.45, 2.75) is 51.3 Å². The molecule has 188 valence electrons. The van der Waals surface area contributed by atoms with E-state index in [0.29, 0.717) is 56.9 Å². The number of aryl methyl sites for hydroxylation is 1. The van der Waals surface area contributed by atoms with E-state index >= 15 is 0 Å². The van der Waals surface area contributed by atoms with Gasteiger partial charge in [0.05, 0.1) is 9.82 Å². The summed E-state index contributed by atoms with van der Waals surface area (Å²) in [4.78, 5) is 39.4. The maximum atomic E-state index is 13.1. The quantitative estimate of drug-likeness (QED) is 0.424. The molecule has 2 amide bonds. The first-order chi connectivity index (χ1) is 16.0. The Kier molecular flexibility index (Phi) is 8.29. The summed E-state index contributed by atoms with van der Waals surface area (Å²) in [5.74, 6) is 0.358. The van der Waals surface area contributed by atoms with E-state index in [1.54, 1.807) is 11.8 Å². The fourth-order valence-corrected chi connectivity index (χ4v) is 6.18. The van der Waals surface area contributed by atoms with Crippen molar-refractivity contribution in [1.82, 2.24) is 14.1 Å². The average Bonchev–Trinajstić information content (AvgIpc) is 2.82. The van der Waals surface area contributed by atoms with Gasteiger partial charge in [0.25, 0.3) is 5.69 Å². The second-order valence-electron chi connectivity index (χ2n) is 9.52. The molecule has 0 radical (unpaired) electrons. The van der Waals surface area contributed by atoms with Gasteiger partial charge in [-0.2, -0.15) is 4.31 Å². The van der Waals surface area contributed by atoms with E-state index in [1.165, 1.54) is 16.4 Å². The van der Waals surface area contributed by atoms with Gasteiger partial charge < -0.3 is 9.80 Å². The van der Waals surface area contributed by atoms with Crippen LogP contribution in [0.4, 0.5) is 5.69 Å². The number of hydrogen-bond donors (Lipinski definition) is 0. The lowest BCUT2D eigenvalue weighted by Crippen LogP contribution is -2.53. The number of nitro benzene ring substituents is 1. The zero-order chi connectivity index (χ0) is 25.0. The molecule has 2 aliphatic heterocycles. The lowest BCUT2D eigenvalue weighted by Gasteiger charge is -2.38. The van der Waals surface area contributed by atoms with Crippen LogP contribution in [-0.2, 0) is 19.6 Å². The minimum Gasteiger partial charge on any atom is -0.339 e. The highest BCUT2D eigenvalue weighted by atomic mass is 32.2. The molecule has 2 heterocycles. The zero-order valence-electron chi connectivity index (χ0n) is 20.1. The molecule has 0 N–H and O–H groups in total. The number of amides is 2. The van der Waals surface area contributed by atoms with Crippen molar-refractivity contribution in [3.8, 4) is 0 Å². The molecule has 1 aromatic rings. The molecule has 0 aliphatic carbocycles. The zero-order valence-corrected chi connectivity index (χ0v) is 20.9. The Morgan fingerprint density at radius 2 is 1.65 bits per heavy atom. The van der Waals surface area contributed by atoms with Crippen LogP contribution in [0, 0.1) is 28.9 Å². The molecule has 0 aromatic heterocycles. The molecule has 11 heteroatoms. The number of rotatable bonds is 7. The van der Waals surface area contributed by atoms with Crippen molar-refractivity contribution in [1.29, 1.82) is 0 Å². The van der Waals surface area contributed by atoms with Crippen LogP contribution in [0.3, 0.4) is 0 Å². The predicted octanol–water partition coefficient (Wildman–Crippen LogP) is 2.41. The van der Waals surface area contributed by atoms with Crippen molar-refractivity contribution < 1.29 is 22.9 Å². The predicted molar refractivity (Wildman–Crippen MR) is 127 cm³/mol. The van der Waals surface area contributed by atoms with Crippen LogP contribution >= 0.6 is 0 Å². The van der Waals surface area contributed by atoms with Crippen LogP contribution in [0.25, 0.3) is 0 Å². The normalized spacial score (nSPS) is 18.4. The molecule has 1 aromatic carbocycles. The fraction of sp³-hybridized carbons (Fsp3) is 0.652. The number of benzene rings is 1. The summed E-state index contributed by atoms with van der Waals surface area (Å²) in [5.41, 5.74) is 0.181. The molecule has 0 saturated carbocycles. The average molecular weight is 495 g/mol. The third-order valence-corrected chi connectivity index (χ3v) is 8.72. The molecule has 2 aliphatic rings. The lowest BCUT2D eigenvalue weighted by molar-refractivity contribution is -0.385. The molecule has 0 bridgehead atoms. The number of piperazine rings is 1. The monoisotopic (exact) mass is 494 g/mol. The molecule has 2 fully saturated rings. The van der Waals surface area contributed by atoms with Crippen molar-refractivity contribution in [3.05, 3.63) is 33.9 Å². The highest BCUT2D eigenvalue weighted by Gasteiger charge is 2.36. The van der Waals surface area contributed by atoms with E-state index in [2.05, 4.69) is 13.8 Å². The topological polar surface area (TPSA) is 121 Å². The van der Waals surface area contributed by atoms with Crippen molar-refractivity contribution in [2.24, 2.45) is 11.8 Å². The van der Waals surface area contributed by atoms with Crippen LogP contribution in [0.15, 0.2) is 23.1 Å². The summed E-state index contributed by atoms with van der Waals surface area (Å²) in [7, 11) is -3.89. The Hall–Kier alpha value is -2.53. The smallest absolute Gasteiger partial charge is 0.270 e. The number of piperidine rings is 1. The van der Waals surface area contributed by atoms with Crippen LogP contribution < -0.4 is 0 Å². The SMILES string of the molecule is Cc1ccc([N+](=O)[O-])cc1S(=O)(=O)N1CCC(C(=O)N2CCN(C(=O)CCC(C)C)CC2)CC1. The summed E-state index contributed by atoms with van der Waals surface area (Å²) in [6.07, 6.45) is 2.19. The Morgan fingerprint density at radius 1 is 1.06 bits per heavy atom. The summed E-state index contributed by atoms with van der Waals surface area (Å²) in [6, 6.07) is 3.83. The second kappa shape index (κ2) is 10.8. The number of hydrogen-bond acceptors (Lipinski definition) is 6. The Labute approximate surface area is 201 Å². The maximum absolute atomic E-state index is 13.1. The highest BCUT2D eigenvalue weighted by molar-refractivity contribution is 7.89. The summed E-state index contributed by atoms with van der Waals surface area (Å²) >= 11 is 0. The van der Waals surface area contributed by atoms with Crippen molar-refractivity contribution in [3.63, 3.8) is 0 Å². The van der Waals surface area contributed by atoms with Gasteiger partial charge in [-0.25, -0.2) is 8.42 Å². The number of non-ortho nitro benzene ring substituents is 1. The van der Waals surface area contributed by atoms with E-state index in [9.17, 15) is 28.1 Å². The number of carbonyl (C=O) groups excluding carboxylic acids is 2. The van der Waals surface area contributed by atoms with Gasteiger partial charge in [-0.05, 0) is 37.7 Å². The minimum absolute atomic E-state index is 0.0119. The Morgan fingerprint density at radius 3 is 2.21 bits per heavy atom. The van der Waals surface area contributed by atoms with E-state index in [-0.39, 0.29) is 41.4 Å². The van der Waals surface area contributed by atoms with E-state index in [0.717, 1.165) is 12.5 Å². The first-order valence-electron chi connectivity index (χ1n) is 11.8. The molecule has 34 heavy (non-hydrogen) atoms. The largest absolute Gasteiger partial charge is 0.339 e. The third-order valence-electron chi connectivity index (χ3n) is 6.68. The van der Waals surface area contributed by atoms with Crippen LogP contribution in [0.5, 0.6) is 0 Å². The summed E-state index contributed by atoms with van der Waals surface area (Å²) in [5, 5.41) is 11.1. The van der Waals surface area contributed by atoms with E-state index in [4.69, 9.17) is 0 Å². The molecular weight excluding hydrogens is 460 g/mol. The van der Waals surface area contributed by atoms with E-state index in [1.807, 2.05) is 4.90 Å². The number of sulfonamides is 1. The van der Waals surface area contributed by atoms with Gasteiger partial charge in [0.15, 0.2) is 0 Å². The Bertz CT molecular complexity index is 1030. The summed E-state index contributed by atoms with van der Waals surface area (Å²) < 4.78 is 27.6. The van der Waals surface area contributed by atoms with Gasteiger partial charge in [-0.1, -0.05) is 19.9 Å². The second-order valence-corrected chi connectivity index (χ2v) is 11.4. The van der Waals surface area contributed by atoms with Gasteiger partial charge in [0.1, 0.15) is 0 Å². The molecule has 0 atom stereocenters. The third kappa shape index (κ3) is 5.93. The fourth-order valence-electron chi connectivity index (χ4n) is 4.47. The molecular formula is C23H34N4O6S.